The quantitative estimate of drug-likeness (QED) is 0.907. The van der Waals surface area contributed by atoms with Gasteiger partial charge in [0.1, 0.15) is 0 Å². The maximum atomic E-state index is 5.93. The van der Waals surface area contributed by atoms with Gasteiger partial charge in [-0.15, -0.1) is 0 Å². The predicted octanol–water partition coefficient (Wildman–Crippen LogP) is 2.49. The minimum absolute atomic E-state index is 0.355. The highest BCUT2D eigenvalue weighted by molar-refractivity contribution is 5.28. The average molecular weight is 263 g/mol. The highest BCUT2D eigenvalue weighted by atomic mass is 16.5. The summed E-state index contributed by atoms with van der Waals surface area (Å²) in [5.74, 6) is 0. The van der Waals surface area contributed by atoms with Crippen LogP contribution >= 0.6 is 0 Å². The van der Waals surface area contributed by atoms with Crippen LogP contribution in [0.5, 0.6) is 0 Å². The van der Waals surface area contributed by atoms with Crippen LogP contribution in [-0.4, -0.2) is 28.0 Å². The summed E-state index contributed by atoms with van der Waals surface area (Å²) >= 11 is 0. The zero-order valence-corrected chi connectivity index (χ0v) is 12.4. The Bertz CT molecular complexity index is 468. The van der Waals surface area contributed by atoms with Crippen LogP contribution in [0.2, 0.25) is 0 Å². The molecule has 4 atom stereocenters. The van der Waals surface area contributed by atoms with Crippen LogP contribution in [0.15, 0.2) is 0 Å². The number of hydrogen-bond acceptors (Lipinski definition) is 3. The van der Waals surface area contributed by atoms with Gasteiger partial charge < -0.3 is 10.1 Å². The third-order valence-corrected chi connectivity index (χ3v) is 4.74. The summed E-state index contributed by atoms with van der Waals surface area (Å²) in [5, 5.41) is 8.38. The van der Waals surface area contributed by atoms with Crippen LogP contribution < -0.4 is 5.32 Å². The van der Waals surface area contributed by atoms with Crippen molar-refractivity contribution in [3.63, 3.8) is 0 Å². The largest absolute Gasteiger partial charge is 0.373 e. The fourth-order valence-electron chi connectivity index (χ4n) is 3.86. The molecular weight excluding hydrogens is 238 g/mol. The van der Waals surface area contributed by atoms with Gasteiger partial charge in [-0.05, 0) is 47.0 Å². The van der Waals surface area contributed by atoms with Gasteiger partial charge in [0.25, 0.3) is 0 Å². The van der Waals surface area contributed by atoms with Crippen molar-refractivity contribution in [3.8, 4) is 0 Å². The molecule has 4 unspecified atom stereocenters. The molecule has 1 N–H and O–H groups in total. The molecule has 2 bridgehead atoms. The molecule has 106 valence electrons. The van der Waals surface area contributed by atoms with Crippen molar-refractivity contribution in [2.24, 2.45) is 0 Å². The van der Waals surface area contributed by atoms with E-state index < -0.39 is 0 Å². The molecule has 1 aromatic rings. The van der Waals surface area contributed by atoms with Gasteiger partial charge in [-0.3, -0.25) is 4.68 Å². The number of nitrogens with zero attached hydrogens (tertiary/aromatic N) is 2. The maximum Gasteiger partial charge on any atom is 0.0733 e. The van der Waals surface area contributed by atoms with Crippen LogP contribution in [0, 0.1) is 13.8 Å². The van der Waals surface area contributed by atoms with Crippen LogP contribution in [-0.2, 0) is 11.3 Å². The summed E-state index contributed by atoms with van der Waals surface area (Å²) in [6.45, 7) is 9.63. The molecule has 2 aliphatic rings. The number of aromatic nitrogens is 2. The van der Waals surface area contributed by atoms with Crippen LogP contribution in [0.1, 0.15) is 56.1 Å². The first-order valence-corrected chi connectivity index (χ1v) is 7.55. The second kappa shape index (κ2) is 4.91. The molecule has 19 heavy (non-hydrogen) atoms. The lowest BCUT2D eigenvalue weighted by atomic mass is 9.94. The van der Waals surface area contributed by atoms with Crippen LogP contribution in [0.25, 0.3) is 0 Å². The van der Waals surface area contributed by atoms with E-state index in [1.807, 2.05) is 0 Å². The van der Waals surface area contributed by atoms with E-state index in [-0.39, 0.29) is 0 Å². The fraction of sp³-hybridized carbons (Fsp3) is 0.800. The highest BCUT2D eigenvalue weighted by Crippen LogP contribution is 2.35. The molecule has 2 aliphatic heterocycles. The third kappa shape index (κ3) is 2.21. The van der Waals surface area contributed by atoms with E-state index in [4.69, 9.17) is 4.74 Å². The zero-order valence-electron chi connectivity index (χ0n) is 12.4. The van der Waals surface area contributed by atoms with Crippen molar-refractivity contribution in [3.05, 3.63) is 17.0 Å². The van der Waals surface area contributed by atoms with Gasteiger partial charge in [0.05, 0.1) is 17.9 Å². The number of aryl methyl sites for hydroxylation is 2. The van der Waals surface area contributed by atoms with Crippen LogP contribution in [0.4, 0.5) is 0 Å². The first kappa shape index (κ1) is 13.1. The average Bonchev–Trinajstić information content (AvgIpc) is 3.03. The van der Waals surface area contributed by atoms with Gasteiger partial charge in [-0.2, -0.15) is 5.10 Å². The van der Waals surface area contributed by atoms with Crippen molar-refractivity contribution in [2.45, 2.75) is 77.8 Å². The van der Waals surface area contributed by atoms with E-state index in [0.717, 1.165) is 12.2 Å². The number of fused-ring (bicyclic) bond motifs is 2. The van der Waals surface area contributed by atoms with E-state index >= 15 is 0 Å². The van der Waals surface area contributed by atoms with Crippen LogP contribution in [0.3, 0.4) is 0 Å². The molecule has 0 aromatic carbocycles. The predicted molar refractivity (Wildman–Crippen MR) is 75.2 cm³/mol. The Balaban J connectivity index is 1.73. The molecule has 2 saturated heterocycles. The Morgan fingerprint density at radius 3 is 2.74 bits per heavy atom. The van der Waals surface area contributed by atoms with Crippen molar-refractivity contribution >= 4 is 0 Å². The van der Waals surface area contributed by atoms with Gasteiger partial charge >= 0.3 is 0 Å². The number of ether oxygens (including phenoxy) is 1. The van der Waals surface area contributed by atoms with E-state index in [1.165, 1.54) is 30.5 Å². The molecule has 3 rings (SSSR count). The number of rotatable bonds is 4. The molecule has 0 spiro atoms. The van der Waals surface area contributed by atoms with Crippen molar-refractivity contribution in [1.82, 2.24) is 15.1 Å². The molecule has 2 fully saturated rings. The number of hydrogen-bond donors (Lipinski definition) is 1. The van der Waals surface area contributed by atoms with E-state index in [2.05, 4.69) is 42.8 Å². The SMILES string of the molecule is CCn1nc(C)c(C(C)NC2CC3CCC2O3)c1C. The third-order valence-electron chi connectivity index (χ3n) is 4.74. The van der Waals surface area contributed by atoms with Gasteiger partial charge in [-0.25, -0.2) is 0 Å². The Hall–Kier alpha value is -0.870. The normalized spacial score (nSPS) is 31.1. The smallest absolute Gasteiger partial charge is 0.0733 e. The van der Waals surface area contributed by atoms with Gasteiger partial charge in [0, 0.05) is 29.9 Å². The molecule has 0 aliphatic carbocycles. The maximum absolute atomic E-state index is 5.93. The van der Waals surface area contributed by atoms with E-state index in [9.17, 15) is 0 Å². The summed E-state index contributed by atoms with van der Waals surface area (Å²) in [7, 11) is 0. The minimum atomic E-state index is 0.355. The zero-order chi connectivity index (χ0) is 13.6. The molecule has 0 amide bonds. The lowest BCUT2D eigenvalue weighted by Crippen LogP contribution is -2.39. The Morgan fingerprint density at radius 1 is 1.42 bits per heavy atom. The van der Waals surface area contributed by atoms with Gasteiger partial charge in [0.15, 0.2) is 0 Å². The monoisotopic (exact) mass is 263 g/mol. The molecule has 0 saturated carbocycles. The first-order valence-electron chi connectivity index (χ1n) is 7.55. The molecule has 0 radical (unpaired) electrons. The van der Waals surface area contributed by atoms with Crippen molar-refractivity contribution < 1.29 is 4.74 Å². The second-order valence-electron chi connectivity index (χ2n) is 6.00. The lowest BCUT2D eigenvalue weighted by molar-refractivity contribution is 0.0962. The van der Waals surface area contributed by atoms with Gasteiger partial charge in [-0.1, -0.05) is 0 Å². The molecule has 1 aromatic heterocycles. The van der Waals surface area contributed by atoms with E-state index in [0.29, 0.717) is 24.3 Å². The summed E-state index contributed by atoms with van der Waals surface area (Å²) in [5.41, 5.74) is 3.82. The summed E-state index contributed by atoms with van der Waals surface area (Å²) in [6, 6.07) is 0.880. The second-order valence-corrected chi connectivity index (χ2v) is 6.00. The molecular formula is C15H25N3O. The van der Waals surface area contributed by atoms with Crippen molar-refractivity contribution in [1.29, 1.82) is 0 Å². The molecule has 3 heterocycles. The fourth-order valence-corrected chi connectivity index (χ4v) is 3.86. The van der Waals surface area contributed by atoms with Crippen molar-refractivity contribution in [2.75, 3.05) is 0 Å². The highest BCUT2D eigenvalue weighted by Gasteiger charge is 2.41. The number of nitrogens with one attached hydrogen (secondary N) is 1. The summed E-state index contributed by atoms with van der Waals surface area (Å²) in [4.78, 5) is 0. The summed E-state index contributed by atoms with van der Waals surface area (Å²) < 4.78 is 8.02. The minimum Gasteiger partial charge on any atom is -0.373 e. The standard InChI is InChI=1S/C15H25N3O/c1-5-18-11(4)15(10(3)17-18)9(2)16-13-8-12-6-7-14(13)19-12/h9,12-14,16H,5-8H2,1-4H3. The lowest BCUT2D eigenvalue weighted by Gasteiger charge is -2.25. The van der Waals surface area contributed by atoms with E-state index in [1.54, 1.807) is 0 Å². The Morgan fingerprint density at radius 2 is 2.21 bits per heavy atom. The Kier molecular flexibility index (Phi) is 3.39. The first-order chi connectivity index (χ1) is 9.10. The molecule has 4 nitrogen and oxygen atoms in total. The van der Waals surface area contributed by atoms with Gasteiger partial charge in [0.2, 0.25) is 0 Å². The molecule has 4 heteroatoms. The summed E-state index contributed by atoms with van der Waals surface area (Å²) in [6.07, 6.45) is 4.60. The Labute approximate surface area is 115 Å². The topological polar surface area (TPSA) is 39.1 Å².